The number of thioether (sulfide) groups is 1. The third kappa shape index (κ3) is 12.6. The molecule has 0 atom stereocenters. The standard InChI is InChI=1S/C15H15NO4S.C13H12ClNO3.C2H3O.K.H2S/c1-9-13(8-21-10(2)17)16-14(20-9)11-4-6-12(7-5-11)15(18)19-3;1-8-11(7-14)15-12(18-8)9-3-5-10(6-4-9)13(16)17-2;1-2-3;;/h4-7H,8H2,1-3H3;3-6H,7H2,1-2H3;1H3;;1H2/q;;-1;+1;/p-1. The van der Waals surface area contributed by atoms with Crippen LogP contribution in [0.1, 0.15) is 57.5 Å². The average Bonchev–Trinajstić information content (AvgIpc) is 3.57. The van der Waals surface area contributed by atoms with Crippen molar-refractivity contribution in [1.82, 2.24) is 9.97 Å². The molecule has 4 rings (SSSR count). The summed E-state index contributed by atoms with van der Waals surface area (Å²) in [6.07, 6.45) is 1.50. The second-order valence-corrected chi connectivity index (χ2v) is 9.72. The van der Waals surface area contributed by atoms with E-state index in [4.69, 9.17) is 25.2 Å². The van der Waals surface area contributed by atoms with Gasteiger partial charge in [-0.25, -0.2) is 19.6 Å². The summed E-state index contributed by atoms with van der Waals surface area (Å²) in [7, 11) is 2.69. The van der Waals surface area contributed by atoms with Gasteiger partial charge in [0, 0.05) is 23.8 Å². The Morgan fingerprint density at radius 2 is 1.18 bits per heavy atom. The summed E-state index contributed by atoms with van der Waals surface area (Å²) < 4.78 is 20.4. The Hall–Kier alpha value is -2.23. The summed E-state index contributed by atoms with van der Waals surface area (Å²) in [5.41, 5.74) is 4.00. The summed E-state index contributed by atoms with van der Waals surface area (Å²) in [6.45, 7) is 6.47. The van der Waals surface area contributed by atoms with Gasteiger partial charge in [-0.05, 0) is 62.4 Å². The van der Waals surface area contributed by atoms with Crippen LogP contribution >= 0.6 is 23.4 Å². The van der Waals surface area contributed by atoms with E-state index in [0.29, 0.717) is 46.1 Å². The number of carbonyl (C=O) groups is 3. The number of rotatable bonds is 7. The van der Waals surface area contributed by atoms with Crippen LogP contribution < -0.4 is 51.4 Å². The van der Waals surface area contributed by atoms with Crippen molar-refractivity contribution in [2.75, 3.05) is 14.2 Å². The molecule has 0 fully saturated rings. The molecule has 4 aromatic rings. The molecule has 14 heteroatoms. The SMILES string of the molecule is COC(=O)c1ccc(-c2nc(CCl)c(C)o2)cc1.COC(=O)c1ccc(-c2nc(CSC(C)=O)c(C)o2)cc1.C[C-]=O.[K+].[SH-]. The van der Waals surface area contributed by atoms with Crippen LogP contribution in [0.4, 0.5) is 0 Å². The Bertz CT molecular complexity index is 1510. The summed E-state index contributed by atoms with van der Waals surface area (Å²) in [5.74, 6) is 2.42. The average molecular weight is 686 g/mol. The smallest absolute Gasteiger partial charge is 0.813 e. The number of methoxy groups -OCH3 is 2. The molecular weight excluding hydrogens is 655 g/mol. The molecule has 0 saturated carbocycles. The summed E-state index contributed by atoms with van der Waals surface area (Å²) in [6, 6.07) is 13.7. The molecule has 0 aliphatic heterocycles. The number of alkyl halides is 1. The molecule has 2 aromatic carbocycles. The molecule has 0 unspecified atom stereocenters. The number of halogens is 1. The number of thiol groups is 1. The quantitative estimate of drug-likeness (QED) is 0.0705. The molecule has 0 amide bonds. The molecule has 0 aliphatic rings. The fourth-order valence-electron chi connectivity index (χ4n) is 3.26. The Kier molecular flexibility index (Phi) is 20.4. The number of hydrogen-bond donors (Lipinski definition) is 0. The van der Waals surface area contributed by atoms with E-state index in [0.717, 1.165) is 22.5 Å². The molecule has 0 N–H and O–H groups in total. The number of aromatic nitrogens is 2. The van der Waals surface area contributed by atoms with Crippen LogP contribution in [0.25, 0.3) is 22.9 Å². The fourth-order valence-corrected chi connectivity index (χ4v) is 4.12. The second kappa shape index (κ2) is 21.5. The van der Waals surface area contributed by atoms with Crippen LogP contribution in [0.2, 0.25) is 0 Å². The van der Waals surface area contributed by atoms with Gasteiger partial charge in [0.25, 0.3) is 0 Å². The maximum Gasteiger partial charge on any atom is 1.00 e. The van der Waals surface area contributed by atoms with Gasteiger partial charge in [0.2, 0.25) is 11.8 Å². The third-order valence-corrected chi connectivity index (χ3v) is 6.51. The number of aryl methyl sites for hydroxylation is 2. The summed E-state index contributed by atoms with van der Waals surface area (Å²) in [4.78, 5) is 51.0. The Morgan fingerprint density at radius 3 is 1.50 bits per heavy atom. The van der Waals surface area contributed by atoms with Crippen LogP contribution in [0.5, 0.6) is 0 Å². The number of benzene rings is 2. The first kappa shape index (κ1) is 41.8. The maximum absolute atomic E-state index is 11.4. The summed E-state index contributed by atoms with van der Waals surface area (Å²) in [5, 5.41) is 0.0429. The van der Waals surface area contributed by atoms with Gasteiger partial charge in [-0.2, -0.15) is 6.92 Å². The molecule has 230 valence electrons. The van der Waals surface area contributed by atoms with E-state index in [-0.39, 0.29) is 81.9 Å². The van der Waals surface area contributed by atoms with Crippen molar-refractivity contribution in [2.45, 2.75) is 39.3 Å². The molecule has 10 nitrogen and oxygen atoms in total. The number of ether oxygens (including phenoxy) is 2. The van der Waals surface area contributed by atoms with Crippen LogP contribution in [0, 0.1) is 13.8 Å². The second-order valence-electron chi connectivity index (χ2n) is 8.30. The van der Waals surface area contributed by atoms with E-state index in [1.807, 2.05) is 13.8 Å². The maximum atomic E-state index is 11.4. The topological polar surface area (TPSA) is 139 Å². The number of esters is 2. The van der Waals surface area contributed by atoms with E-state index in [1.54, 1.807) is 48.5 Å². The zero-order valence-electron chi connectivity index (χ0n) is 25.4. The van der Waals surface area contributed by atoms with Crippen molar-refractivity contribution < 1.29 is 88.9 Å². The fraction of sp³-hybridized carbons (Fsp3) is 0.267. The zero-order valence-corrected chi connectivity index (χ0v) is 31.0. The van der Waals surface area contributed by atoms with Crippen molar-refractivity contribution in [3.63, 3.8) is 0 Å². The molecule has 44 heavy (non-hydrogen) atoms. The molecule has 0 saturated heterocycles. The van der Waals surface area contributed by atoms with Gasteiger partial charge in [0.1, 0.15) is 11.5 Å². The van der Waals surface area contributed by atoms with Crippen LogP contribution in [0.3, 0.4) is 0 Å². The van der Waals surface area contributed by atoms with Crippen molar-refractivity contribution in [3.8, 4) is 22.9 Å². The first-order valence-corrected chi connectivity index (χ1v) is 13.9. The summed E-state index contributed by atoms with van der Waals surface area (Å²) >= 11 is 6.93. The van der Waals surface area contributed by atoms with E-state index < -0.39 is 0 Å². The number of carbonyl (C=O) groups excluding carboxylic acids is 4. The predicted octanol–water partition coefficient (Wildman–Crippen LogP) is 3.24. The molecule has 2 heterocycles. The third-order valence-electron chi connectivity index (χ3n) is 5.43. The first-order valence-electron chi connectivity index (χ1n) is 12.4. The van der Waals surface area contributed by atoms with Crippen LogP contribution in [-0.4, -0.2) is 47.5 Å². The monoisotopic (exact) mass is 685 g/mol. The molecule has 0 spiro atoms. The van der Waals surface area contributed by atoms with Gasteiger partial charge in [-0.15, -0.1) is 11.6 Å². The van der Waals surface area contributed by atoms with Crippen molar-refractivity contribution in [2.24, 2.45) is 0 Å². The minimum atomic E-state index is -0.385. The molecular formula is C30H31ClKN2O8S2-. The molecule has 0 radical (unpaired) electrons. The van der Waals surface area contributed by atoms with E-state index >= 15 is 0 Å². The number of nitrogens with zero attached hydrogens (tertiary/aromatic N) is 2. The van der Waals surface area contributed by atoms with Crippen LogP contribution in [-0.2, 0) is 44.2 Å². The minimum absolute atomic E-state index is 0. The van der Waals surface area contributed by atoms with Gasteiger partial charge >= 0.3 is 63.3 Å². The largest absolute Gasteiger partial charge is 1.00 e. The minimum Gasteiger partial charge on any atom is -0.813 e. The first-order chi connectivity index (χ1) is 20.1. The number of hydrogen-bond acceptors (Lipinski definition) is 12. The van der Waals surface area contributed by atoms with Gasteiger partial charge in [-0.3, -0.25) is 11.1 Å². The van der Waals surface area contributed by atoms with Crippen molar-refractivity contribution in [1.29, 1.82) is 0 Å². The molecule has 0 aliphatic carbocycles. The van der Waals surface area contributed by atoms with Gasteiger partial charge in [0.15, 0.2) is 5.12 Å². The molecule has 0 bridgehead atoms. The van der Waals surface area contributed by atoms with E-state index in [1.165, 1.54) is 46.1 Å². The van der Waals surface area contributed by atoms with Crippen LogP contribution in [0.15, 0.2) is 57.4 Å². The van der Waals surface area contributed by atoms with Gasteiger partial charge < -0.3 is 36.6 Å². The van der Waals surface area contributed by atoms with Crippen molar-refractivity contribution >= 4 is 60.2 Å². The van der Waals surface area contributed by atoms with Crippen molar-refractivity contribution in [3.05, 3.63) is 82.6 Å². The van der Waals surface area contributed by atoms with Gasteiger partial charge in [0.05, 0.1) is 42.6 Å². The molecule has 2 aromatic heterocycles. The predicted molar refractivity (Wildman–Crippen MR) is 168 cm³/mol. The number of oxazole rings is 2. The van der Waals surface area contributed by atoms with E-state index in [2.05, 4.69) is 19.4 Å². The zero-order chi connectivity index (χ0) is 31.2. The van der Waals surface area contributed by atoms with E-state index in [9.17, 15) is 14.4 Å². The Morgan fingerprint density at radius 1 is 0.818 bits per heavy atom. The van der Waals surface area contributed by atoms with Gasteiger partial charge in [-0.1, -0.05) is 11.8 Å². The Labute approximate surface area is 314 Å². The Balaban J connectivity index is 0.000000747. The normalized spacial score (nSPS) is 9.52.